The van der Waals surface area contributed by atoms with Gasteiger partial charge in [-0.25, -0.2) is 13.4 Å². The zero-order valence-corrected chi connectivity index (χ0v) is 13.1. The third-order valence-electron chi connectivity index (χ3n) is 3.94. The van der Waals surface area contributed by atoms with Gasteiger partial charge in [0, 0.05) is 13.6 Å². The molecule has 110 valence electrons. The number of aryl methyl sites for hydroxylation is 2. The van der Waals surface area contributed by atoms with E-state index in [1.807, 2.05) is 18.5 Å². The first-order valence-corrected chi connectivity index (χ1v) is 8.85. The Hall–Kier alpha value is -1.08. The second kappa shape index (κ2) is 4.73. The number of imidazole rings is 1. The van der Waals surface area contributed by atoms with Crippen LogP contribution in [0.2, 0.25) is 0 Å². The molecule has 8 heteroatoms. The molecule has 1 fully saturated rings. The highest BCUT2D eigenvalue weighted by molar-refractivity contribution is 7.92. The third kappa shape index (κ3) is 2.03. The summed E-state index contributed by atoms with van der Waals surface area (Å²) in [5.41, 5.74) is 2.49. The predicted molar refractivity (Wildman–Crippen MR) is 77.6 cm³/mol. The molecule has 2 aromatic heterocycles. The maximum absolute atomic E-state index is 12.0. The number of rotatable bonds is 3. The largest absolute Gasteiger partial charge is 0.311 e. The predicted octanol–water partition coefficient (Wildman–Crippen LogP) is 1.39. The maximum Gasteiger partial charge on any atom is 0.158 e. The van der Waals surface area contributed by atoms with Crippen molar-refractivity contribution in [1.82, 2.24) is 19.3 Å². The van der Waals surface area contributed by atoms with E-state index < -0.39 is 9.84 Å². The van der Waals surface area contributed by atoms with Crippen LogP contribution in [0.4, 0.5) is 0 Å². The molecule has 0 N–H and O–H groups in total. The Morgan fingerprint density at radius 3 is 2.80 bits per heavy atom. The van der Waals surface area contributed by atoms with Gasteiger partial charge in [0.1, 0.15) is 11.3 Å². The van der Waals surface area contributed by atoms with Gasteiger partial charge in [-0.15, -0.1) is 11.6 Å². The number of hydrogen-bond acceptors (Lipinski definition) is 4. The maximum atomic E-state index is 12.0. The second-order valence-corrected chi connectivity index (χ2v) is 7.95. The molecule has 3 rings (SSSR count). The number of aromatic nitrogens is 4. The minimum atomic E-state index is -2.98. The molecule has 2 aromatic rings. The number of sulfone groups is 1. The van der Waals surface area contributed by atoms with E-state index in [0.717, 1.165) is 23.3 Å². The standard InChI is InChI=1S/C12H17ClN4O2S/c1-8-11-12(16(2)15-8)17(10(6-13)14-11)7-9-4-3-5-20(9,18)19/h9H,3-7H2,1-2H3. The molecule has 1 unspecified atom stereocenters. The molecular formula is C12H17ClN4O2S. The van der Waals surface area contributed by atoms with Crippen LogP contribution in [-0.2, 0) is 29.3 Å². The van der Waals surface area contributed by atoms with Crippen molar-refractivity contribution in [2.24, 2.45) is 7.05 Å². The lowest BCUT2D eigenvalue weighted by atomic mass is 10.2. The summed E-state index contributed by atoms with van der Waals surface area (Å²) in [6.07, 6.45) is 1.45. The molecule has 0 bridgehead atoms. The fraction of sp³-hybridized carbons (Fsp3) is 0.667. The van der Waals surface area contributed by atoms with Gasteiger partial charge in [-0.1, -0.05) is 0 Å². The average Bonchev–Trinajstić information content (AvgIpc) is 2.98. The summed E-state index contributed by atoms with van der Waals surface area (Å²) in [4.78, 5) is 4.49. The summed E-state index contributed by atoms with van der Waals surface area (Å²) < 4.78 is 27.7. The Balaban J connectivity index is 2.10. The first-order chi connectivity index (χ1) is 9.44. The molecule has 0 aromatic carbocycles. The lowest BCUT2D eigenvalue weighted by Crippen LogP contribution is -2.23. The summed E-state index contributed by atoms with van der Waals surface area (Å²) in [5.74, 6) is 1.26. The minimum absolute atomic E-state index is 0.265. The topological polar surface area (TPSA) is 69.8 Å². The van der Waals surface area contributed by atoms with Gasteiger partial charge >= 0.3 is 0 Å². The fourth-order valence-corrected chi connectivity index (χ4v) is 4.95. The van der Waals surface area contributed by atoms with Crippen LogP contribution >= 0.6 is 11.6 Å². The smallest absolute Gasteiger partial charge is 0.158 e. The molecule has 6 nitrogen and oxygen atoms in total. The molecule has 0 saturated carbocycles. The van der Waals surface area contributed by atoms with E-state index in [2.05, 4.69) is 10.1 Å². The number of halogens is 1. The molecule has 20 heavy (non-hydrogen) atoms. The van der Waals surface area contributed by atoms with Crippen molar-refractivity contribution in [2.75, 3.05) is 5.75 Å². The van der Waals surface area contributed by atoms with Gasteiger partial charge in [0.25, 0.3) is 0 Å². The van der Waals surface area contributed by atoms with E-state index in [0.29, 0.717) is 18.8 Å². The van der Waals surface area contributed by atoms with Crippen LogP contribution in [0.3, 0.4) is 0 Å². The molecule has 1 aliphatic rings. The van der Waals surface area contributed by atoms with Crippen molar-refractivity contribution >= 4 is 32.6 Å². The first kappa shape index (κ1) is 13.9. The molecule has 0 radical (unpaired) electrons. The normalized spacial score (nSPS) is 21.9. The SMILES string of the molecule is Cc1nn(C)c2c1nc(CCl)n2CC1CCCS1(=O)=O. The molecule has 1 aliphatic heterocycles. The first-order valence-electron chi connectivity index (χ1n) is 6.60. The summed E-state index contributed by atoms with van der Waals surface area (Å²) in [5, 5.41) is 4.00. The van der Waals surface area contributed by atoms with Gasteiger partial charge in [0.15, 0.2) is 15.5 Å². The molecular weight excluding hydrogens is 300 g/mol. The van der Waals surface area contributed by atoms with Crippen LogP contribution < -0.4 is 0 Å². The number of alkyl halides is 1. The van der Waals surface area contributed by atoms with E-state index in [-0.39, 0.29) is 16.9 Å². The minimum Gasteiger partial charge on any atom is -0.311 e. The molecule has 1 atom stereocenters. The van der Waals surface area contributed by atoms with Gasteiger partial charge in [-0.2, -0.15) is 5.10 Å². The highest BCUT2D eigenvalue weighted by atomic mass is 35.5. The van der Waals surface area contributed by atoms with Gasteiger partial charge in [-0.05, 0) is 19.8 Å². The van der Waals surface area contributed by atoms with E-state index in [1.54, 1.807) is 4.68 Å². The Morgan fingerprint density at radius 2 is 2.20 bits per heavy atom. The summed E-state index contributed by atoms with van der Waals surface area (Å²) in [6.45, 7) is 2.31. The quantitative estimate of drug-likeness (QED) is 0.802. The lowest BCUT2D eigenvalue weighted by Gasteiger charge is -2.13. The van der Waals surface area contributed by atoms with E-state index in [9.17, 15) is 8.42 Å². The van der Waals surface area contributed by atoms with Gasteiger partial charge < -0.3 is 4.57 Å². The summed E-state index contributed by atoms with van der Waals surface area (Å²) in [7, 11) is -1.14. The van der Waals surface area contributed by atoms with Crippen LogP contribution in [0.1, 0.15) is 24.4 Å². The monoisotopic (exact) mass is 316 g/mol. The number of hydrogen-bond donors (Lipinski definition) is 0. The Labute approximate surface area is 122 Å². The average molecular weight is 317 g/mol. The number of fused-ring (bicyclic) bond motifs is 1. The third-order valence-corrected chi connectivity index (χ3v) is 6.43. The molecule has 1 saturated heterocycles. The molecule has 0 aliphatic carbocycles. The van der Waals surface area contributed by atoms with Gasteiger partial charge in [0.05, 0.1) is 22.6 Å². The van der Waals surface area contributed by atoms with Crippen molar-refractivity contribution < 1.29 is 8.42 Å². The molecule has 0 spiro atoms. The highest BCUT2D eigenvalue weighted by Crippen LogP contribution is 2.26. The van der Waals surface area contributed by atoms with Crippen molar-refractivity contribution in [3.63, 3.8) is 0 Å². The Morgan fingerprint density at radius 1 is 1.45 bits per heavy atom. The van der Waals surface area contributed by atoms with Crippen LogP contribution in [-0.4, -0.2) is 38.8 Å². The number of nitrogens with zero attached hydrogens (tertiary/aromatic N) is 4. The van der Waals surface area contributed by atoms with Crippen LogP contribution in [0.15, 0.2) is 0 Å². The second-order valence-electron chi connectivity index (χ2n) is 5.28. The zero-order chi connectivity index (χ0) is 14.5. The van der Waals surface area contributed by atoms with E-state index >= 15 is 0 Å². The van der Waals surface area contributed by atoms with E-state index in [4.69, 9.17) is 11.6 Å². The van der Waals surface area contributed by atoms with Crippen LogP contribution in [0, 0.1) is 6.92 Å². The summed E-state index contributed by atoms with van der Waals surface area (Å²) >= 11 is 5.96. The summed E-state index contributed by atoms with van der Waals surface area (Å²) in [6, 6.07) is 0. The van der Waals surface area contributed by atoms with Crippen LogP contribution in [0.25, 0.3) is 11.2 Å². The highest BCUT2D eigenvalue weighted by Gasteiger charge is 2.33. The lowest BCUT2D eigenvalue weighted by molar-refractivity contribution is 0.560. The Kier molecular flexibility index (Phi) is 3.29. The molecule has 3 heterocycles. The molecule has 0 amide bonds. The van der Waals surface area contributed by atoms with Crippen molar-refractivity contribution in [3.8, 4) is 0 Å². The van der Waals surface area contributed by atoms with E-state index in [1.165, 1.54) is 0 Å². The van der Waals surface area contributed by atoms with Crippen molar-refractivity contribution in [2.45, 2.75) is 37.4 Å². The Bertz CT molecular complexity index is 762. The fourth-order valence-electron chi connectivity index (χ4n) is 2.94. The van der Waals surface area contributed by atoms with Gasteiger partial charge in [0.2, 0.25) is 0 Å². The van der Waals surface area contributed by atoms with Crippen molar-refractivity contribution in [1.29, 1.82) is 0 Å². The van der Waals surface area contributed by atoms with Crippen molar-refractivity contribution in [3.05, 3.63) is 11.5 Å². The van der Waals surface area contributed by atoms with Crippen LogP contribution in [0.5, 0.6) is 0 Å². The zero-order valence-electron chi connectivity index (χ0n) is 11.5. The van der Waals surface area contributed by atoms with Gasteiger partial charge in [-0.3, -0.25) is 4.68 Å².